The third kappa shape index (κ3) is 4.39. The normalized spacial score (nSPS) is 26.3. The lowest BCUT2D eigenvalue weighted by atomic mass is 9.72. The number of halogens is 2. The lowest BCUT2D eigenvalue weighted by Crippen LogP contribution is -2.67. The molecule has 7 heteroatoms. The van der Waals surface area contributed by atoms with Crippen molar-refractivity contribution >= 4 is 5.91 Å². The van der Waals surface area contributed by atoms with Crippen LogP contribution in [0.5, 0.6) is 0 Å². The number of hydrogen-bond donors (Lipinski definition) is 1. The van der Waals surface area contributed by atoms with Crippen LogP contribution in [0.3, 0.4) is 0 Å². The van der Waals surface area contributed by atoms with Gasteiger partial charge in [-0.15, -0.1) is 0 Å². The minimum Gasteiger partial charge on any atom is -0.379 e. The Kier molecular flexibility index (Phi) is 6.21. The van der Waals surface area contributed by atoms with Crippen LogP contribution in [0.1, 0.15) is 25.3 Å². The van der Waals surface area contributed by atoms with E-state index in [1.165, 1.54) is 6.07 Å². The molecule has 2 aliphatic rings. The van der Waals surface area contributed by atoms with Crippen LogP contribution in [0.2, 0.25) is 0 Å². The van der Waals surface area contributed by atoms with Crippen LogP contribution < -0.4 is 5.32 Å². The fourth-order valence-corrected chi connectivity index (χ4v) is 3.85. The number of amides is 1. The first kappa shape index (κ1) is 19.2. The van der Waals surface area contributed by atoms with Crippen LogP contribution in [-0.2, 0) is 20.7 Å². The SMILES string of the molecule is CCOC1CC(CNC(=O)Cc2ccc(F)c(F)c2)(N2CCOCC2)C1. The van der Waals surface area contributed by atoms with Crippen molar-refractivity contribution < 1.29 is 23.0 Å². The van der Waals surface area contributed by atoms with Crippen LogP contribution in [0, 0.1) is 11.6 Å². The number of nitrogens with zero attached hydrogens (tertiary/aromatic N) is 1. The summed E-state index contributed by atoms with van der Waals surface area (Å²) in [6, 6.07) is 3.55. The Morgan fingerprint density at radius 2 is 2.04 bits per heavy atom. The van der Waals surface area contributed by atoms with Gasteiger partial charge in [0.1, 0.15) is 0 Å². The zero-order valence-electron chi connectivity index (χ0n) is 15.1. The van der Waals surface area contributed by atoms with Crippen molar-refractivity contribution in [1.82, 2.24) is 10.2 Å². The van der Waals surface area contributed by atoms with Gasteiger partial charge in [-0.3, -0.25) is 9.69 Å². The molecule has 1 aliphatic carbocycles. The van der Waals surface area contributed by atoms with Crippen LogP contribution in [0.15, 0.2) is 18.2 Å². The molecule has 1 saturated carbocycles. The Morgan fingerprint density at radius 3 is 2.69 bits per heavy atom. The first-order valence-electron chi connectivity index (χ1n) is 9.17. The maximum Gasteiger partial charge on any atom is 0.224 e. The molecule has 0 aromatic heterocycles. The van der Waals surface area contributed by atoms with Gasteiger partial charge in [-0.25, -0.2) is 8.78 Å². The second-order valence-corrected chi connectivity index (χ2v) is 7.01. The van der Waals surface area contributed by atoms with Gasteiger partial charge in [0.15, 0.2) is 11.6 Å². The number of rotatable bonds is 7. The van der Waals surface area contributed by atoms with Crippen LogP contribution >= 0.6 is 0 Å². The highest BCUT2D eigenvalue weighted by Gasteiger charge is 2.49. The van der Waals surface area contributed by atoms with E-state index < -0.39 is 11.6 Å². The van der Waals surface area contributed by atoms with Gasteiger partial charge in [0.05, 0.1) is 25.7 Å². The third-order valence-corrected chi connectivity index (χ3v) is 5.26. The summed E-state index contributed by atoms with van der Waals surface area (Å²) in [6.45, 7) is 6.28. The number of carbonyl (C=O) groups excluding carboxylic acids is 1. The molecule has 1 aliphatic heterocycles. The smallest absolute Gasteiger partial charge is 0.224 e. The van der Waals surface area contributed by atoms with E-state index >= 15 is 0 Å². The van der Waals surface area contributed by atoms with E-state index in [1.54, 1.807) is 0 Å². The molecule has 3 rings (SSSR count). The average molecular weight is 368 g/mol. The topological polar surface area (TPSA) is 50.8 Å². The molecule has 1 saturated heterocycles. The molecule has 0 atom stereocenters. The predicted molar refractivity (Wildman–Crippen MR) is 92.8 cm³/mol. The van der Waals surface area contributed by atoms with E-state index in [2.05, 4.69) is 10.2 Å². The van der Waals surface area contributed by atoms with E-state index in [1.807, 2.05) is 6.92 Å². The summed E-state index contributed by atoms with van der Waals surface area (Å²) in [5, 5.41) is 2.97. The van der Waals surface area contributed by atoms with E-state index in [4.69, 9.17) is 9.47 Å². The molecule has 1 aromatic rings. The largest absolute Gasteiger partial charge is 0.379 e. The van der Waals surface area contributed by atoms with Crippen molar-refractivity contribution in [3.05, 3.63) is 35.4 Å². The first-order valence-corrected chi connectivity index (χ1v) is 9.17. The molecular weight excluding hydrogens is 342 g/mol. The molecule has 1 aromatic carbocycles. The monoisotopic (exact) mass is 368 g/mol. The molecule has 0 radical (unpaired) electrons. The molecule has 1 heterocycles. The van der Waals surface area contributed by atoms with Crippen molar-refractivity contribution in [1.29, 1.82) is 0 Å². The standard InChI is InChI=1S/C19H26F2N2O3/c1-2-26-15-11-19(12-15,23-5-7-25-8-6-23)13-22-18(24)10-14-3-4-16(20)17(21)9-14/h3-4,9,15H,2,5-8,10-13H2,1H3,(H,22,24). The van der Waals surface area contributed by atoms with Crippen molar-refractivity contribution in [2.24, 2.45) is 0 Å². The van der Waals surface area contributed by atoms with Crippen molar-refractivity contribution in [2.45, 2.75) is 37.8 Å². The molecule has 2 fully saturated rings. The van der Waals surface area contributed by atoms with Gasteiger partial charge >= 0.3 is 0 Å². The highest BCUT2D eigenvalue weighted by Crippen LogP contribution is 2.39. The lowest BCUT2D eigenvalue weighted by molar-refractivity contribution is -0.134. The Labute approximate surface area is 152 Å². The zero-order chi connectivity index (χ0) is 18.6. The minimum atomic E-state index is -0.932. The van der Waals surface area contributed by atoms with E-state index in [0.717, 1.165) is 38.1 Å². The summed E-state index contributed by atoms with van der Waals surface area (Å²) < 4.78 is 37.4. The fraction of sp³-hybridized carbons (Fsp3) is 0.632. The molecule has 0 spiro atoms. The van der Waals surface area contributed by atoms with Crippen LogP contribution in [0.25, 0.3) is 0 Å². The Balaban J connectivity index is 1.56. The average Bonchev–Trinajstić information content (AvgIpc) is 2.61. The molecule has 1 amide bonds. The van der Waals surface area contributed by atoms with Crippen LogP contribution in [-0.4, -0.2) is 61.9 Å². The molecule has 26 heavy (non-hydrogen) atoms. The Bertz CT molecular complexity index is 629. The van der Waals surface area contributed by atoms with Crippen molar-refractivity contribution in [2.75, 3.05) is 39.5 Å². The van der Waals surface area contributed by atoms with Gasteiger partial charge in [0.2, 0.25) is 5.91 Å². The number of ether oxygens (including phenoxy) is 2. The fourth-order valence-electron chi connectivity index (χ4n) is 3.85. The van der Waals surface area contributed by atoms with Gasteiger partial charge in [0.25, 0.3) is 0 Å². The summed E-state index contributed by atoms with van der Waals surface area (Å²) in [4.78, 5) is 14.7. The predicted octanol–water partition coefficient (Wildman–Crippen LogP) is 1.89. The Morgan fingerprint density at radius 1 is 1.31 bits per heavy atom. The third-order valence-electron chi connectivity index (χ3n) is 5.26. The first-order chi connectivity index (χ1) is 12.5. The summed E-state index contributed by atoms with van der Waals surface area (Å²) in [6.07, 6.45) is 2.02. The molecule has 0 unspecified atom stereocenters. The van der Waals surface area contributed by atoms with Gasteiger partial charge in [-0.2, -0.15) is 0 Å². The number of hydrogen-bond acceptors (Lipinski definition) is 4. The summed E-state index contributed by atoms with van der Waals surface area (Å²) in [5.41, 5.74) is 0.357. The van der Waals surface area contributed by atoms with Crippen LogP contribution in [0.4, 0.5) is 8.78 Å². The molecule has 5 nitrogen and oxygen atoms in total. The molecule has 0 bridgehead atoms. The second-order valence-electron chi connectivity index (χ2n) is 7.01. The maximum absolute atomic E-state index is 13.3. The van der Waals surface area contributed by atoms with E-state index in [9.17, 15) is 13.6 Å². The summed E-state index contributed by atoms with van der Waals surface area (Å²) in [7, 11) is 0. The van der Waals surface area contributed by atoms with E-state index in [-0.39, 0.29) is 24.0 Å². The van der Waals surface area contributed by atoms with Crippen molar-refractivity contribution in [3.63, 3.8) is 0 Å². The van der Waals surface area contributed by atoms with Gasteiger partial charge < -0.3 is 14.8 Å². The lowest BCUT2D eigenvalue weighted by Gasteiger charge is -2.55. The van der Waals surface area contributed by atoms with E-state index in [0.29, 0.717) is 31.9 Å². The highest BCUT2D eigenvalue weighted by atomic mass is 19.2. The molecule has 1 N–H and O–H groups in total. The highest BCUT2D eigenvalue weighted by molar-refractivity contribution is 5.78. The number of nitrogens with one attached hydrogen (secondary N) is 1. The Hall–Kier alpha value is -1.57. The minimum absolute atomic E-state index is 0.0330. The maximum atomic E-state index is 13.3. The molecule has 144 valence electrons. The van der Waals surface area contributed by atoms with Gasteiger partial charge in [0, 0.05) is 31.8 Å². The summed E-state index contributed by atoms with van der Waals surface area (Å²) in [5.74, 6) is -2.03. The number of benzene rings is 1. The number of carbonyl (C=O) groups is 1. The summed E-state index contributed by atoms with van der Waals surface area (Å²) >= 11 is 0. The molecular formula is C19H26F2N2O3. The quantitative estimate of drug-likeness (QED) is 0.799. The zero-order valence-corrected chi connectivity index (χ0v) is 15.1. The number of morpholine rings is 1. The second kappa shape index (κ2) is 8.41. The van der Waals surface area contributed by atoms with Gasteiger partial charge in [-0.1, -0.05) is 6.07 Å². The van der Waals surface area contributed by atoms with Gasteiger partial charge in [-0.05, 0) is 37.5 Å². The van der Waals surface area contributed by atoms with Crippen molar-refractivity contribution in [3.8, 4) is 0 Å².